The number of benzene rings is 2. The highest BCUT2D eigenvalue weighted by molar-refractivity contribution is 8.18. The Hall–Kier alpha value is -3.85. The lowest BCUT2D eigenvalue weighted by atomic mass is 9.97. The molecule has 0 bridgehead atoms. The number of para-hydroxylation sites is 1. The van der Waals surface area contributed by atoms with E-state index in [4.69, 9.17) is 15.6 Å². The molecular formula is C29H31N5O3S. The molecule has 196 valence electrons. The van der Waals surface area contributed by atoms with Crippen molar-refractivity contribution < 1.29 is 14.3 Å². The summed E-state index contributed by atoms with van der Waals surface area (Å²) in [4.78, 5) is 31.4. The number of primary amides is 1. The van der Waals surface area contributed by atoms with Gasteiger partial charge in [-0.25, -0.2) is 4.68 Å². The lowest BCUT2D eigenvalue weighted by Gasteiger charge is -2.31. The standard InChI is InChI=1S/C29H31N5O3S/c1-18(2)37-24-10-9-21(15-19(24)3)26-22(17-34(32-26)23-7-5-4-6-8-23)16-25-28(36)31-29(38-25)33-13-11-20(12-14-33)27(30)35/h4-10,15-18,20H,11-14H2,1-3H3,(H2,30,35). The summed E-state index contributed by atoms with van der Waals surface area (Å²) >= 11 is 1.37. The zero-order valence-electron chi connectivity index (χ0n) is 21.8. The highest BCUT2D eigenvalue weighted by Crippen LogP contribution is 2.35. The summed E-state index contributed by atoms with van der Waals surface area (Å²) in [6, 6.07) is 15.9. The molecule has 1 fully saturated rings. The average Bonchev–Trinajstić information content (AvgIpc) is 3.49. The van der Waals surface area contributed by atoms with E-state index in [1.54, 1.807) is 0 Å². The third-order valence-corrected chi connectivity index (χ3v) is 7.68. The Bertz CT molecular complexity index is 1420. The van der Waals surface area contributed by atoms with Crippen molar-refractivity contribution in [2.75, 3.05) is 13.1 Å². The molecule has 38 heavy (non-hydrogen) atoms. The number of hydrogen-bond acceptors (Lipinski definition) is 6. The van der Waals surface area contributed by atoms with Crippen molar-refractivity contribution >= 4 is 34.8 Å². The van der Waals surface area contributed by atoms with E-state index < -0.39 is 0 Å². The molecule has 9 heteroatoms. The van der Waals surface area contributed by atoms with Crippen molar-refractivity contribution in [2.45, 2.75) is 39.7 Å². The minimum Gasteiger partial charge on any atom is -0.491 e. The summed E-state index contributed by atoms with van der Waals surface area (Å²) in [6.07, 6.45) is 5.24. The smallest absolute Gasteiger partial charge is 0.286 e. The Morgan fingerprint density at radius 2 is 1.89 bits per heavy atom. The minimum absolute atomic E-state index is 0.0818. The van der Waals surface area contributed by atoms with Gasteiger partial charge in [-0.15, -0.1) is 0 Å². The van der Waals surface area contributed by atoms with Gasteiger partial charge in [-0.3, -0.25) is 9.59 Å². The number of carbonyl (C=O) groups is 2. The van der Waals surface area contributed by atoms with E-state index in [1.165, 1.54) is 11.8 Å². The third-order valence-electron chi connectivity index (χ3n) is 6.64. The molecule has 2 aromatic carbocycles. The molecule has 2 aliphatic rings. The number of carbonyl (C=O) groups excluding carboxylic acids is 2. The monoisotopic (exact) mass is 529 g/mol. The van der Waals surface area contributed by atoms with Gasteiger partial charge >= 0.3 is 0 Å². The van der Waals surface area contributed by atoms with E-state index in [0.29, 0.717) is 36.0 Å². The molecule has 1 saturated heterocycles. The Morgan fingerprint density at radius 1 is 1.16 bits per heavy atom. The van der Waals surface area contributed by atoms with Crippen LogP contribution in [0.15, 0.2) is 64.6 Å². The highest BCUT2D eigenvalue weighted by atomic mass is 32.2. The van der Waals surface area contributed by atoms with Gasteiger partial charge < -0.3 is 15.4 Å². The molecule has 3 aromatic rings. The predicted molar refractivity (Wildman–Crippen MR) is 151 cm³/mol. The number of ether oxygens (including phenoxy) is 1. The maximum Gasteiger partial charge on any atom is 0.286 e. The van der Waals surface area contributed by atoms with Gasteiger partial charge in [-0.2, -0.15) is 10.1 Å². The van der Waals surface area contributed by atoms with Gasteiger partial charge in [0.2, 0.25) is 5.91 Å². The first-order chi connectivity index (χ1) is 18.3. The molecule has 1 aromatic heterocycles. The number of nitrogens with zero attached hydrogens (tertiary/aromatic N) is 4. The van der Waals surface area contributed by atoms with Crippen LogP contribution >= 0.6 is 11.8 Å². The molecule has 0 atom stereocenters. The average molecular weight is 530 g/mol. The van der Waals surface area contributed by atoms with Gasteiger partial charge in [0.05, 0.1) is 16.7 Å². The van der Waals surface area contributed by atoms with Crippen molar-refractivity contribution in [3.05, 3.63) is 70.8 Å². The van der Waals surface area contributed by atoms with Gasteiger partial charge in [0.15, 0.2) is 5.17 Å². The third kappa shape index (κ3) is 5.52. The Morgan fingerprint density at radius 3 is 2.55 bits per heavy atom. The maximum atomic E-state index is 12.9. The van der Waals surface area contributed by atoms with Crippen LogP contribution in [0.4, 0.5) is 0 Å². The van der Waals surface area contributed by atoms with Crippen molar-refractivity contribution in [1.82, 2.24) is 14.7 Å². The molecule has 3 heterocycles. The molecule has 0 unspecified atom stereocenters. The van der Waals surface area contributed by atoms with E-state index in [2.05, 4.69) is 16.0 Å². The fourth-order valence-corrected chi connectivity index (χ4v) is 5.60. The van der Waals surface area contributed by atoms with E-state index in [9.17, 15) is 9.59 Å². The second-order valence-electron chi connectivity index (χ2n) is 9.83. The lowest BCUT2D eigenvalue weighted by molar-refractivity contribution is -0.123. The molecular weight excluding hydrogens is 498 g/mol. The van der Waals surface area contributed by atoms with Crippen LogP contribution in [-0.2, 0) is 9.59 Å². The quantitative estimate of drug-likeness (QED) is 0.460. The normalized spacial score (nSPS) is 17.4. The van der Waals surface area contributed by atoms with Crippen LogP contribution in [-0.4, -0.2) is 50.9 Å². The second kappa shape index (κ2) is 10.9. The molecule has 8 nitrogen and oxygen atoms in total. The fourth-order valence-electron chi connectivity index (χ4n) is 4.64. The number of aryl methyl sites for hydroxylation is 1. The van der Waals surface area contributed by atoms with Crippen molar-refractivity contribution in [3.63, 3.8) is 0 Å². The van der Waals surface area contributed by atoms with Crippen LogP contribution in [0.2, 0.25) is 0 Å². The first-order valence-corrected chi connectivity index (χ1v) is 13.6. The Kier molecular flexibility index (Phi) is 7.37. The molecule has 0 aliphatic carbocycles. The zero-order chi connectivity index (χ0) is 26.8. The topological polar surface area (TPSA) is 103 Å². The number of hydrogen-bond donors (Lipinski definition) is 1. The predicted octanol–water partition coefficient (Wildman–Crippen LogP) is 4.80. The van der Waals surface area contributed by atoms with Gasteiger partial charge in [-0.05, 0) is 87.3 Å². The van der Waals surface area contributed by atoms with Crippen LogP contribution in [0.5, 0.6) is 5.75 Å². The summed E-state index contributed by atoms with van der Waals surface area (Å²) in [5, 5.41) is 5.58. The number of aromatic nitrogens is 2. The number of rotatable bonds is 6. The Labute approximate surface area is 226 Å². The van der Waals surface area contributed by atoms with Gasteiger partial charge in [0.25, 0.3) is 5.91 Å². The van der Waals surface area contributed by atoms with Crippen LogP contribution in [0, 0.1) is 12.8 Å². The number of nitrogens with two attached hydrogens (primary N) is 1. The second-order valence-corrected chi connectivity index (χ2v) is 10.8. The molecule has 0 saturated carbocycles. The first kappa shape index (κ1) is 25.8. The van der Waals surface area contributed by atoms with Gasteiger partial charge in [0, 0.05) is 36.3 Å². The summed E-state index contributed by atoms with van der Waals surface area (Å²) in [7, 11) is 0. The van der Waals surface area contributed by atoms with Crippen LogP contribution in [0.25, 0.3) is 23.0 Å². The van der Waals surface area contributed by atoms with Crippen LogP contribution in [0.1, 0.15) is 37.8 Å². The number of thioether (sulfide) groups is 1. The summed E-state index contributed by atoms with van der Waals surface area (Å²) in [5.74, 6) is 0.198. The van der Waals surface area contributed by atoms with E-state index in [1.807, 2.05) is 80.2 Å². The number of amidine groups is 1. The molecule has 0 radical (unpaired) electrons. The number of piperidine rings is 1. The SMILES string of the molecule is Cc1cc(-c2nn(-c3ccccc3)cc2C=C2SC(N3CCC(C(N)=O)CC3)=NC2=O)ccc1OC(C)C. The first-order valence-electron chi connectivity index (χ1n) is 12.8. The molecule has 0 spiro atoms. The maximum absolute atomic E-state index is 12.9. The van der Waals surface area contributed by atoms with Crippen LogP contribution in [0.3, 0.4) is 0 Å². The number of likely N-dealkylation sites (tertiary alicyclic amines) is 1. The molecule has 5 rings (SSSR count). The molecule has 2 aliphatic heterocycles. The lowest BCUT2D eigenvalue weighted by Crippen LogP contribution is -2.40. The molecule has 2 amide bonds. The van der Waals surface area contributed by atoms with Crippen molar-refractivity contribution in [1.29, 1.82) is 0 Å². The largest absolute Gasteiger partial charge is 0.491 e. The van der Waals surface area contributed by atoms with Crippen molar-refractivity contribution in [2.24, 2.45) is 16.6 Å². The number of amides is 2. The minimum atomic E-state index is -0.266. The fraction of sp³-hybridized carbons (Fsp3) is 0.310. The summed E-state index contributed by atoms with van der Waals surface area (Å²) < 4.78 is 7.75. The van der Waals surface area contributed by atoms with E-state index in [0.717, 1.165) is 33.8 Å². The zero-order valence-corrected chi connectivity index (χ0v) is 22.6. The van der Waals surface area contributed by atoms with E-state index in [-0.39, 0.29) is 23.8 Å². The van der Waals surface area contributed by atoms with Gasteiger partial charge in [-0.1, -0.05) is 18.2 Å². The van der Waals surface area contributed by atoms with Crippen molar-refractivity contribution in [3.8, 4) is 22.7 Å². The highest BCUT2D eigenvalue weighted by Gasteiger charge is 2.31. The summed E-state index contributed by atoms with van der Waals surface area (Å²) in [5.41, 5.74) is 9.94. The number of aliphatic imine (C=N–C) groups is 1. The summed E-state index contributed by atoms with van der Waals surface area (Å²) in [6.45, 7) is 7.34. The Balaban J connectivity index is 1.45. The van der Waals surface area contributed by atoms with Gasteiger partial charge in [0.1, 0.15) is 11.4 Å². The molecule has 2 N–H and O–H groups in total. The van der Waals surface area contributed by atoms with E-state index >= 15 is 0 Å². The van der Waals surface area contributed by atoms with Crippen LogP contribution < -0.4 is 10.5 Å².